The van der Waals surface area contributed by atoms with Gasteiger partial charge in [-0.05, 0) is 5.56 Å². The molecule has 0 spiro atoms. The predicted octanol–water partition coefficient (Wildman–Crippen LogP) is 1.67. The van der Waals surface area contributed by atoms with Crippen LogP contribution < -0.4 is 0 Å². The average Bonchev–Trinajstić information content (AvgIpc) is 2.67. The zero-order chi connectivity index (χ0) is 16.2. The van der Waals surface area contributed by atoms with E-state index in [0.717, 1.165) is 4.31 Å². The van der Waals surface area contributed by atoms with E-state index in [0.29, 0.717) is 5.56 Å². The summed E-state index contributed by atoms with van der Waals surface area (Å²) in [4.78, 5) is 0. The van der Waals surface area contributed by atoms with Crippen molar-refractivity contribution in [3.63, 3.8) is 0 Å². The van der Waals surface area contributed by atoms with E-state index in [-0.39, 0.29) is 18.9 Å². The first kappa shape index (κ1) is 17.3. The first-order valence-electron chi connectivity index (χ1n) is 6.85. The van der Waals surface area contributed by atoms with Crippen LogP contribution >= 0.6 is 0 Å². The van der Waals surface area contributed by atoms with E-state index in [1.807, 2.05) is 0 Å². The summed E-state index contributed by atoms with van der Waals surface area (Å²) < 4.78 is 62.7. The number of rotatable bonds is 5. The lowest BCUT2D eigenvalue weighted by molar-refractivity contribution is -0.0631. The number of alkyl halides is 2. The van der Waals surface area contributed by atoms with Crippen LogP contribution in [0.25, 0.3) is 0 Å². The Morgan fingerprint density at radius 3 is 2.68 bits per heavy atom. The van der Waals surface area contributed by atoms with Crippen molar-refractivity contribution in [3.05, 3.63) is 35.9 Å². The largest absolute Gasteiger partial charge is 0.376 e. The van der Waals surface area contributed by atoms with E-state index in [4.69, 9.17) is 9.47 Å². The molecule has 1 saturated heterocycles. The Kier molecular flexibility index (Phi) is 5.49. The van der Waals surface area contributed by atoms with Gasteiger partial charge >= 0.3 is 0 Å². The summed E-state index contributed by atoms with van der Waals surface area (Å²) >= 11 is 0. The molecule has 1 fully saturated rings. The van der Waals surface area contributed by atoms with Crippen LogP contribution in [-0.4, -0.2) is 57.8 Å². The molecule has 1 aromatic rings. The molecule has 1 heterocycles. The van der Waals surface area contributed by atoms with Crippen LogP contribution in [0.2, 0.25) is 0 Å². The van der Waals surface area contributed by atoms with Crippen LogP contribution in [0.3, 0.4) is 0 Å². The zero-order valence-corrected chi connectivity index (χ0v) is 13.1. The highest BCUT2D eigenvalue weighted by Crippen LogP contribution is 2.24. The first-order chi connectivity index (χ1) is 10.3. The third kappa shape index (κ3) is 4.45. The fraction of sp³-hybridized carbons (Fsp3) is 0.571. The molecular formula is C14H19F2NO4S. The van der Waals surface area contributed by atoms with E-state index in [1.165, 1.54) is 7.11 Å². The molecule has 1 atom stereocenters. The van der Waals surface area contributed by atoms with Gasteiger partial charge in [-0.3, -0.25) is 0 Å². The van der Waals surface area contributed by atoms with Gasteiger partial charge in [-0.1, -0.05) is 30.3 Å². The Bertz CT molecular complexity index is 580. The van der Waals surface area contributed by atoms with Crippen molar-refractivity contribution in [3.8, 4) is 0 Å². The standard InChI is InChI=1S/C14H19F2NO4S/c1-20-13(12-5-3-2-4-6-12)9-22(18,19)17-7-8-21-11-14(15,16)10-17/h2-6,13H,7-11H2,1H3. The normalized spacial score (nSPS) is 21.2. The van der Waals surface area contributed by atoms with Gasteiger partial charge in [0.2, 0.25) is 10.0 Å². The molecule has 0 radical (unpaired) electrons. The van der Waals surface area contributed by atoms with Crippen molar-refractivity contribution in [2.45, 2.75) is 12.0 Å². The molecule has 1 aromatic carbocycles. The summed E-state index contributed by atoms with van der Waals surface area (Å²) in [5, 5.41) is 0. The zero-order valence-electron chi connectivity index (χ0n) is 12.2. The number of halogens is 2. The third-order valence-electron chi connectivity index (χ3n) is 3.42. The quantitative estimate of drug-likeness (QED) is 0.821. The molecule has 0 saturated carbocycles. The van der Waals surface area contributed by atoms with Crippen LogP contribution in [0, 0.1) is 0 Å². The van der Waals surface area contributed by atoms with E-state index >= 15 is 0 Å². The second kappa shape index (κ2) is 6.99. The number of benzene rings is 1. The van der Waals surface area contributed by atoms with Gasteiger partial charge in [0.1, 0.15) is 6.61 Å². The molecule has 0 aromatic heterocycles. The predicted molar refractivity (Wildman–Crippen MR) is 77.3 cm³/mol. The summed E-state index contributed by atoms with van der Waals surface area (Å²) in [6.07, 6.45) is -0.705. The molecule has 5 nitrogen and oxygen atoms in total. The Morgan fingerprint density at radius 1 is 1.36 bits per heavy atom. The molecule has 1 aliphatic heterocycles. The number of hydrogen-bond donors (Lipinski definition) is 0. The lowest BCUT2D eigenvalue weighted by Crippen LogP contribution is -2.43. The molecule has 124 valence electrons. The second-order valence-electron chi connectivity index (χ2n) is 5.16. The Hall–Kier alpha value is -1.09. The summed E-state index contributed by atoms with van der Waals surface area (Å²) in [5.41, 5.74) is 0.686. The van der Waals surface area contributed by atoms with Gasteiger partial charge in [-0.2, -0.15) is 4.31 Å². The topological polar surface area (TPSA) is 55.8 Å². The second-order valence-corrected chi connectivity index (χ2v) is 7.17. The SMILES string of the molecule is COC(CS(=O)(=O)N1CCOCC(F)(F)C1)c1ccccc1. The van der Waals surface area contributed by atoms with Crippen molar-refractivity contribution < 1.29 is 26.7 Å². The fourth-order valence-corrected chi connectivity index (χ4v) is 3.93. The van der Waals surface area contributed by atoms with E-state index in [9.17, 15) is 17.2 Å². The van der Waals surface area contributed by atoms with Crippen molar-refractivity contribution in [1.82, 2.24) is 4.31 Å². The van der Waals surface area contributed by atoms with Crippen LogP contribution in [0.1, 0.15) is 11.7 Å². The fourth-order valence-electron chi connectivity index (χ4n) is 2.27. The molecule has 22 heavy (non-hydrogen) atoms. The van der Waals surface area contributed by atoms with E-state index < -0.39 is 35.2 Å². The molecular weight excluding hydrogens is 316 g/mol. The third-order valence-corrected chi connectivity index (χ3v) is 5.24. The van der Waals surface area contributed by atoms with Crippen LogP contribution in [0.15, 0.2) is 30.3 Å². The van der Waals surface area contributed by atoms with Gasteiger partial charge in [0, 0.05) is 13.7 Å². The molecule has 8 heteroatoms. The lowest BCUT2D eigenvalue weighted by Gasteiger charge is -2.25. The maximum Gasteiger partial charge on any atom is 0.284 e. The molecule has 1 unspecified atom stereocenters. The van der Waals surface area contributed by atoms with Crippen molar-refractivity contribution in [2.75, 3.05) is 39.2 Å². The highest BCUT2D eigenvalue weighted by molar-refractivity contribution is 7.89. The minimum atomic E-state index is -3.89. The van der Waals surface area contributed by atoms with E-state index in [1.54, 1.807) is 30.3 Å². The first-order valence-corrected chi connectivity index (χ1v) is 8.46. The minimum Gasteiger partial charge on any atom is -0.376 e. The maximum absolute atomic E-state index is 13.5. The van der Waals surface area contributed by atoms with Gasteiger partial charge in [0.25, 0.3) is 5.92 Å². The molecule has 0 amide bonds. The molecule has 2 rings (SSSR count). The van der Waals surface area contributed by atoms with Crippen LogP contribution in [-0.2, 0) is 19.5 Å². The van der Waals surface area contributed by atoms with Crippen LogP contribution in [0.4, 0.5) is 8.78 Å². The highest BCUT2D eigenvalue weighted by Gasteiger charge is 2.39. The van der Waals surface area contributed by atoms with Gasteiger partial charge in [-0.15, -0.1) is 0 Å². The van der Waals surface area contributed by atoms with Crippen molar-refractivity contribution in [1.29, 1.82) is 0 Å². The Balaban J connectivity index is 2.15. The molecule has 0 N–H and O–H groups in total. The molecule has 0 aliphatic carbocycles. The maximum atomic E-state index is 13.5. The number of ether oxygens (including phenoxy) is 2. The smallest absolute Gasteiger partial charge is 0.284 e. The van der Waals surface area contributed by atoms with Crippen LogP contribution in [0.5, 0.6) is 0 Å². The van der Waals surface area contributed by atoms with Gasteiger partial charge in [0.15, 0.2) is 0 Å². The summed E-state index contributed by atoms with van der Waals surface area (Å²) in [6.45, 7) is -1.74. The number of methoxy groups -OCH3 is 1. The van der Waals surface area contributed by atoms with Gasteiger partial charge in [-0.25, -0.2) is 17.2 Å². The number of nitrogens with zero attached hydrogens (tertiary/aromatic N) is 1. The number of sulfonamides is 1. The van der Waals surface area contributed by atoms with Crippen molar-refractivity contribution in [2.24, 2.45) is 0 Å². The lowest BCUT2D eigenvalue weighted by atomic mass is 10.1. The van der Waals surface area contributed by atoms with E-state index in [2.05, 4.69) is 0 Å². The van der Waals surface area contributed by atoms with Gasteiger partial charge in [0.05, 0.1) is 25.0 Å². The minimum absolute atomic E-state index is 0.0438. The average molecular weight is 335 g/mol. The van der Waals surface area contributed by atoms with Crippen molar-refractivity contribution >= 4 is 10.0 Å². The Labute approximate surface area is 128 Å². The highest BCUT2D eigenvalue weighted by atomic mass is 32.2. The number of hydrogen-bond acceptors (Lipinski definition) is 4. The van der Waals surface area contributed by atoms with Gasteiger partial charge < -0.3 is 9.47 Å². The molecule has 1 aliphatic rings. The monoisotopic (exact) mass is 335 g/mol. The Morgan fingerprint density at radius 2 is 2.05 bits per heavy atom. The molecule has 0 bridgehead atoms. The summed E-state index contributed by atoms with van der Waals surface area (Å²) in [7, 11) is -2.49. The summed E-state index contributed by atoms with van der Waals surface area (Å²) in [6, 6.07) is 8.81. The summed E-state index contributed by atoms with van der Waals surface area (Å²) in [5.74, 6) is -3.57.